The molecule has 5 rings (SSSR count). The number of halogens is 1. The van der Waals surface area contributed by atoms with Crippen LogP contribution >= 0.6 is 12.4 Å². The first-order chi connectivity index (χ1) is 15.7. The second-order valence-electron chi connectivity index (χ2n) is 8.64. The van der Waals surface area contributed by atoms with Crippen LogP contribution in [0.4, 0.5) is 0 Å². The van der Waals surface area contributed by atoms with Gasteiger partial charge in [-0.15, -0.1) is 12.4 Å². The zero-order valence-corrected chi connectivity index (χ0v) is 19.4. The van der Waals surface area contributed by atoms with Crippen molar-refractivity contribution >= 4 is 24.2 Å². The van der Waals surface area contributed by atoms with Crippen molar-refractivity contribution in [2.75, 3.05) is 32.7 Å². The lowest BCUT2D eigenvalue weighted by Gasteiger charge is -2.34. The normalized spacial score (nSPS) is 15.8. The summed E-state index contributed by atoms with van der Waals surface area (Å²) in [5, 5.41) is 0. The van der Waals surface area contributed by atoms with E-state index < -0.39 is 0 Å². The van der Waals surface area contributed by atoms with Crippen LogP contribution in [0.1, 0.15) is 27.0 Å². The van der Waals surface area contributed by atoms with E-state index in [9.17, 15) is 9.59 Å². The summed E-state index contributed by atoms with van der Waals surface area (Å²) in [6.07, 6.45) is 3.89. The smallest absolute Gasteiger partial charge is 0.255 e. The molecule has 2 amide bonds. The van der Waals surface area contributed by atoms with E-state index in [2.05, 4.69) is 29.2 Å². The molecule has 2 aliphatic heterocycles. The van der Waals surface area contributed by atoms with Gasteiger partial charge < -0.3 is 14.4 Å². The Labute approximate surface area is 200 Å². The predicted molar refractivity (Wildman–Crippen MR) is 130 cm³/mol. The van der Waals surface area contributed by atoms with Crippen molar-refractivity contribution in [3.05, 3.63) is 95.3 Å². The van der Waals surface area contributed by atoms with Gasteiger partial charge in [0.15, 0.2) is 0 Å². The molecule has 3 aromatic rings. The molecule has 1 aromatic heterocycles. The summed E-state index contributed by atoms with van der Waals surface area (Å²) in [4.78, 5) is 31.7. The fourth-order valence-corrected chi connectivity index (χ4v) is 4.55. The van der Waals surface area contributed by atoms with Crippen LogP contribution in [0.5, 0.6) is 0 Å². The molecule has 172 valence electrons. The van der Waals surface area contributed by atoms with Gasteiger partial charge in [0.2, 0.25) is 5.91 Å². The van der Waals surface area contributed by atoms with Crippen LogP contribution in [0.2, 0.25) is 0 Å². The number of hydrogen-bond donors (Lipinski definition) is 0. The predicted octanol–water partition coefficient (Wildman–Crippen LogP) is 3.26. The third-order valence-corrected chi connectivity index (χ3v) is 6.42. The first-order valence-corrected chi connectivity index (χ1v) is 11.2. The van der Waals surface area contributed by atoms with Crippen molar-refractivity contribution in [3.8, 4) is 0 Å². The van der Waals surface area contributed by atoms with Crippen molar-refractivity contribution in [1.82, 2.24) is 19.3 Å². The van der Waals surface area contributed by atoms with Gasteiger partial charge in [-0.2, -0.15) is 0 Å². The number of carbonyl (C=O) groups excluding carboxylic acids is 2. The Balaban J connectivity index is 0.00000259. The number of rotatable bonds is 5. The third-order valence-electron chi connectivity index (χ3n) is 6.42. The van der Waals surface area contributed by atoms with Crippen LogP contribution in [0.3, 0.4) is 0 Å². The lowest BCUT2D eigenvalue weighted by atomic mass is 10.1. The van der Waals surface area contributed by atoms with Crippen molar-refractivity contribution in [2.45, 2.75) is 19.6 Å². The van der Waals surface area contributed by atoms with E-state index in [-0.39, 0.29) is 24.2 Å². The number of piperazine rings is 1. The maximum atomic E-state index is 12.9. The van der Waals surface area contributed by atoms with Crippen molar-refractivity contribution < 1.29 is 9.59 Å². The van der Waals surface area contributed by atoms with Crippen LogP contribution in [-0.4, -0.2) is 63.8 Å². The molecular formula is C26H29ClN4O2. The monoisotopic (exact) mass is 464 g/mol. The lowest BCUT2D eigenvalue weighted by molar-refractivity contribution is -0.133. The van der Waals surface area contributed by atoms with Crippen LogP contribution < -0.4 is 0 Å². The maximum absolute atomic E-state index is 12.9. The molecule has 0 saturated carbocycles. The van der Waals surface area contributed by atoms with Crippen molar-refractivity contribution in [2.24, 2.45) is 0 Å². The molecule has 3 heterocycles. The Bertz CT molecular complexity index is 1080. The number of nitrogens with zero attached hydrogens (tertiary/aromatic N) is 4. The van der Waals surface area contributed by atoms with Crippen LogP contribution in [0.15, 0.2) is 73.1 Å². The summed E-state index contributed by atoms with van der Waals surface area (Å²) in [5.41, 5.74) is 4.42. The summed E-state index contributed by atoms with van der Waals surface area (Å²) >= 11 is 0. The SMILES string of the molecule is Cl.O=C(CN1CCN(C(=O)c2ccn(Cc3ccccc3)c2)CC1)N1Cc2ccccc2C1. The average Bonchev–Trinajstić information content (AvgIpc) is 3.47. The summed E-state index contributed by atoms with van der Waals surface area (Å²) < 4.78 is 2.05. The van der Waals surface area contributed by atoms with Gasteiger partial charge in [-0.05, 0) is 22.8 Å². The van der Waals surface area contributed by atoms with Crippen molar-refractivity contribution in [1.29, 1.82) is 0 Å². The maximum Gasteiger partial charge on any atom is 0.255 e. The van der Waals surface area contributed by atoms with Crippen molar-refractivity contribution in [3.63, 3.8) is 0 Å². The Morgan fingerprint density at radius 1 is 0.758 bits per heavy atom. The van der Waals surface area contributed by atoms with E-state index in [1.807, 2.05) is 63.2 Å². The Morgan fingerprint density at radius 3 is 2.06 bits per heavy atom. The highest BCUT2D eigenvalue weighted by Gasteiger charge is 2.27. The lowest BCUT2D eigenvalue weighted by Crippen LogP contribution is -2.51. The Morgan fingerprint density at radius 2 is 1.39 bits per heavy atom. The summed E-state index contributed by atoms with van der Waals surface area (Å²) in [7, 11) is 0. The molecule has 0 unspecified atom stereocenters. The number of benzene rings is 2. The minimum absolute atomic E-state index is 0. The average molecular weight is 465 g/mol. The van der Waals surface area contributed by atoms with Gasteiger partial charge in [0, 0.05) is 58.2 Å². The van der Waals surface area contributed by atoms with Crippen LogP contribution in [0.25, 0.3) is 0 Å². The molecule has 2 aromatic carbocycles. The molecule has 1 fully saturated rings. The van der Waals surface area contributed by atoms with Gasteiger partial charge in [0.1, 0.15) is 0 Å². The number of aromatic nitrogens is 1. The highest BCUT2D eigenvalue weighted by atomic mass is 35.5. The molecule has 0 N–H and O–H groups in total. The highest BCUT2D eigenvalue weighted by molar-refractivity contribution is 5.94. The third kappa shape index (κ3) is 5.29. The summed E-state index contributed by atoms with van der Waals surface area (Å²) in [5.74, 6) is 0.233. The topological polar surface area (TPSA) is 48.8 Å². The molecule has 7 heteroatoms. The van der Waals surface area contributed by atoms with Crippen LogP contribution in [0, 0.1) is 0 Å². The van der Waals surface area contributed by atoms with E-state index in [4.69, 9.17) is 0 Å². The quantitative estimate of drug-likeness (QED) is 0.582. The zero-order valence-electron chi connectivity index (χ0n) is 18.6. The van der Waals surface area contributed by atoms with E-state index in [0.29, 0.717) is 32.7 Å². The molecule has 2 aliphatic rings. The largest absolute Gasteiger partial charge is 0.349 e. The minimum atomic E-state index is 0. The first kappa shape index (κ1) is 23.1. The summed E-state index contributed by atoms with van der Waals surface area (Å²) in [6.45, 7) is 5.33. The molecule has 0 bridgehead atoms. The second kappa shape index (κ2) is 10.2. The second-order valence-corrected chi connectivity index (χ2v) is 8.64. The number of amides is 2. The number of carbonyl (C=O) groups is 2. The highest BCUT2D eigenvalue weighted by Crippen LogP contribution is 2.22. The molecule has 1 saturated heterocycles. The van der Waals surface area contributed by atoms with Gasteiger partial charge in [0.25, 0.3) is 5.91 Å². The van der Waals surface area contributed by atoms with Crippen LogP contribution in [-0.2, 0) is 24.4 Å². The molecule has 33 heavy (non-hydrogen) atoms. The van der Waals surface area contributed by atoms with E-state index in [1.54, 1.807) is 0 Å². The molecule has 0 radical (unpaired) electrons. The van der Waals surface area contributed by atoms with Gasteiger partial charge in [-0.25, -0.2) is 0 Å². The molecular weight excluding hydrogens is 436 g/mol. The molecule has 6 nitrogen and oxygen atoms in total. The van der Waals surface area contributed by atoms with E-state index >= 15 is 0 Å². The van der Waals surface area contributed by atoms with Gasteiger partial charge in [-0.3, -0.25) is 14.5 Å². The van der Waals surface area contributed by atoms with E-state index in [1.165, 1.54) is 16.7 Å². The Kier molecular flexibility index (Phi) is 7.16. The number of fused-ring (bicyclic) bond motifs is 1. The molecule has 0 spiro atoms. The van der Waals surface area contributed by atoms with Gasteiger partial charge in [-0.1, -0.05) is 54.6 Å². The fourth-order valence-electron chi connectivity index (χ4n) is 4.55. The fraction of sp³-hybridized carbons (Fsp3) is 0.308. The van der Waals surface area contributed by atoms with Gasteiger partial charge in [0.05, 0.1) is 12.1 Å². The molecule has 0 atom stereocenters. The Hall–Kier alpha value is -3.09. The van der Waals surface area contributed by atoms with Gasteiger partial charge >= 0.3 is 0 Å². The first-order valence-electron chi connectivity index (χ1n) is 11.2. The van der Waals surface area contributed by atoms with E-state index in [0.717, 1.165) is 25.2 Å². The molecule has 0 aliphatic carbocycles. The summed E-state index contributed by atoms with van der Waals surface area (Å²) in [6, 6.07) is 20.4. The zero-order chi connectivity index (χ0) is 21.9. The standard InChI is InChI=1S/C26H28N4O2.ClH/c31-25(30-18-22-8-4-5-9-23(22)19-30)20-27-12-14-29(15-13-27)26(32)24-10-11-28(17-24)16-21-6-2-1-3-7-21;/h1-11,17H,12-16,18-20H2;1H. The number of hydrogen-bond acceptors (Lipinski definition) is 3. The minimum Gasteiger partial charge on any atom is -0.349 e.